The summed E-state index contributed by atoms with van der Waals surface area (Å²) in [6, 6.07) is 11.8. The lowest BCUT2D eigenvalue weighted by Crippen LogP contribution is -2.31. The van der Waals surface area contributed by atoms with Crippen LogP contribution in [0.2, 0.25) is 0 Å². The number of carbonyl (C=O) groups is 1. The molecule has 0 aliphatic heterocycles. The topological polar surface area (TPSA) is 46.1 Å². The van der Waals surface area contributed by atoms with E-state index in [1.54, 1.807) is 22.7 Å². The van der Waals surface area contributed by atoms with Gasteiger partial charge in [-0.1, -0.05) is 49.0 Å². The second-order valence-corrected chi connectivity index (χ2v) is 6.15. The van der Waals surface area contributed by atoms with Gasteiger partial charge in [-0.3, -0.25) is 4.79 Å². The number of aromatic nitrogens is 2. The Morgan fingerprint density at radius 3 is 2.55 bits per heavy atom. The summed E-state index contributed by atoms with van der Waals surface area (Å²) in [5, 5.41) is 0.668. The van der Waals surface area contributed by atoms with Crippen molar-refractivity contribution in [2.24, 2.45) is 0 Å². The van der Waals surface area contributed by atoms with E-state index >= 15 is 0 Å². The van der Waals surface area contributed by atoms with Crippen LogP contribution in [0.25, 0.3) is 0 Å². The van der Waals surface area contributed by atoms with Gasteiger partial charge in [-0.25, -0.2) is 9.97 Å². The van der Waals surface area contributed by atoms with Crippen LogP contribution in [0.1, 0.15) is 35.6 Å². The Morgan fingerprint density at radius 1 is 1.18 bits per heavy atom. The summed E-state index contributed by atoms with van der Waals surface area (Å²) in [6.45, 7) is 7.16. The van der Waals surface area contributed by atoms with E-state index in [0.717, 1.165) is 17.0 Å². The first-order valence-electron chi connectivity index (χ1n) is 7.45. The fourth-order valence-electron chi connectivity index (χ4n) is 2.14. The van der Waals surface area contributed by atoms with E-state index in [1.165, 1.54) is 0 Å². The normalized spacial score (nSPS) is 10.5. The summed E-state index contributed by atoms with van der Waals surface area (Å²) in [5.41, 5.74) is 2.41. The maximum Gasteiger partial charge on any atom is 0.272 e. The minimum Gasteiger partial charge on any atom is -0.333 e. The van der Waals surface area contributed by atoms with Gasteiger partial charge >= 0.3 is 0 Å². The molecular weight excluding hydrogens is 294 g/mol. The van der Waals surface area contributed by atoms with Gasteiger partial charge in [-0.15, -0.1) is 0 Å². The fraction of sp³-hybridized carbons (Fsp3) is 0.353. The van der Waals surface area contributed by atoms with E-state index in [1.807, 2.05) is 51.1 Å². The number of rotatable bonds is 6. The number of amides is 1. The molecule has 0 unspecified atom stereocenters. The van der Waals surface area contributed by atoms with Gasteiger partial charge in [0.15, 0.2) is 5.16 Å². The summed E-state index contributed by atoms with van der Waals surface area (Å²) < 4.78 is 0. The van der Waals surface area contributed by atoms with E-state index in [4.69, 9.17) is 0 Å². The maximum atomic E-state index is 12.7. The lowest BCUT2D eigenvalue weighted by molar-refractivity contribution is 0.0745. The van der Waals surface area contributed by atoms with Crippen molar-refractivity contribution in [2.45, 2.75) is 32.5 Å². The van der Waals surface area contributed by atoms with Crippen molar-refractivity contribution in [3.05, 3.63) is 53.3 Å². The van der Waals surface area contributed by atoms with E-state index < -0.39 is 0 Å². The molecule has 0 aliphatic carbocycles. The third-order valence-corrected chi connectivity index (χ3v) is 3.94. The molecule has 22 heavy (non-hydrogen) atoms. The zero-order valence-corrected chi connectivity index (χ0v) is 14.1. The van der Waals surface area contributed by atoms with E-state index in [2.05, 4.69) is 9.97 Å². The van der Waals surface area contributed by atoms with E-state index in [9.17, 15) is 4.79 Å². The van der Waals surface area contributed by atoms with Crippen LogP contribution in [0.15, 0.2) is 41.6 Å². The minimum atomic E-state index is -0.0465. The quantitative estimate of drug-likeness (QED) is 0.604. The average molecular weight is 315 g/mol. The molecule has 4 nitrogen and oxygen atoms in total. The van der Waals surface area contributed by atoms with Crippen molar-refractivity contribution in [3.8, 4) is 0 Å². The summed E-state index contributed by atoms with van der Waals surface area (Å²) in [6.07, 6.45) is 0. The highest BCUT2D eigenvalue weighted by Crippen LogP contribution is 2.15. The lowest BCUT2D eigenvalue weighted by Gasteiger charge is -2.21. The SMILES string of the molecule is CCSc1nc(C)cc(C(=O)N(CC)Cc2ccccc2)n1. The predicted molar refractivity (Wildman–Crippen MR) is 90.0 cm³/mol. The Bertz CT molecular complexity index is 631. The van der Waals surface area contributed by atoms with Crippen LogP contribution in [0.5, 0.6) is 0 Å². The zero-order chi connectivity index (χ0) is 15.9. The van der Waals surface area contributed by atoms with Gasteiger partial charge in [-0.05, 0) is 31.2 Å². The highest BCUT2D eigenvalue weighted by atomic mass is 32.2. The standard InChI is InChI=1S/C17H21N3OS/c1-4-20(12-14-9-7-6-8-10-14)16(21)15-11-13(3)18-17(19-15)22-5-2/h6-11H,4-5,12H2,1-3H3. The van der Waals surface area contributed by atoms with Crippen molar-refractivity contribution in [1.29, 1.82) is 0 Å². The average Bonchev–Trinajstić information content (AvgIpc) is 2.52. The van der Waals surface area contributed by atoms with Gasteiger partial charge in [0.2, 0.25) is 0 Å². The summed E-state index contributed by atoms with van der Waals surface area (Å²) >= 11 is 1.55. The number of thioether (sulfide) groups is 1. The third-order valence-electron chi connectivity index (χ3n) is 3.21. The number of hydrogen-bond donors (Lipinski definition) is 0. The Hall–Kier alpha value is -1.88. The van der Waals surface area contributed by atoms with Crippen molar-refractivity contribution < 1.29 is 4.79 Å². The molecule has 1 aromatic carbocycles. The molecule has 2 rings (SSSR count). The molecule has 0 N–H and O–H groups in total. The second-order valence-electron chi connectivity index (χ2n) is 4.92. The zero-order valence-electron chi connectivity index (χ0n) is 13.2. The number of benzene rings is 1. The fourth-order valence-corrected chi connectivity index (χ4v) is 2.77. The monoisotopic (exact) mass is 315 g/mol. The molecule has 0 saturated heterocycles. The summed E-state index contributed by atoms with van der Waals surface area (Å²) in [4.78, 5) is 23.3. The summed E-state index contributed by atoms with van der Waals surface area (Å²) in [7, 11) is 0. The minimum absolute atomic E-state index is 0.0465. The number of nitrogens with zero attached hydrogens (tertiary/aromatic N) is 3. The molecule has 2 aromatic rings. The molecule has 1 amide bonds. The Kier molecular flexibility index (Phi) is 5.95. The van der Waals surface area contributed by atoms with Crippen LogP contribution < -0.4 is 0 Å². The Morgan fingerprint density at radius 2 is 1.91 bits per heavy atom. The lowest BCUT2D eigenvalue weighted by atomic mass is 10.2. The molecule has 0 saturated carbocycles. The van der Waals surface area contributed by atoms with Gasteiger partial charge in [-0.2, -0.15) is 0 Å². The molecular formula is C17H21N3OS. The van der Waals surface area contributed by atoms with Gasteiger partial charge in [0.1, 0.15) is 5.69 Å². The Labute approximate surface area is 136 Å². The van der Waals surface area contributed by atoms with Crippen molar-refractivity contribution in [3.63, 3.8) is 0 Å². The summed E-state index contributed by atoms with van der Waals surface area (Å²) in [5.74, 6) is 0.841. The van der Waals surface area contributed by atoms with Crippen LogP contribution >= 0.6 is 11.8 Å². The van der Waals surface area contributed by atoms with Gasteiger partial charge in [0.05, 0.1) is 0 Å². The molecule has 0 spiro atoms. The van der Waals surface area contributed by atoms with Gasteiger partial charge in [0.25, 0.3) is 5.91 Å². The first-order valence-corrected chi connectivity index (χ1v) is 8.44. The third kappa shape index (κ3) is 4.31. The van der Waals surface area contributed by atoms with Crippen LogP contribution in [-0.2, 0) is 6.54 Å². The predicted octanol–water partition coefficient (Wildman–Crippen LogP) is 3.56. The molecule has 0 radical (unpaired) electrons. The van der Waals surface area contributed by atoms with Crippen molar-refractivity contribution in [2.75, 3.05) is 12.3 Å². The molecule has 1 aromatic heterocycles. The maximum absolute atomic E-state index is 12.7. The first kappa shape index (κ1) is 16.5. The van der Waals surface area contributed by atoms with Gasteiger partial charge in [0, 0.05) is 18.8 Å². The highest BCUT2D eigenvalue weighted by Gasteiger charge is 2.17. The highest BCUT2D eigenvalue weighted by molar-refractivity contribution is 7.99. The van der Waals surface area contributed by atoms with Crippen LogP contribution in [0.4, 0.5) is 0 Å². The molecule has 0 atom stereocenters. The smallest absolute Gasteiger partial charge is 0.272 e. The number of carbonyl (C=O) groups excluding carboxylic acids is 1. The van der Waals surface area contributed by atoms with Crippen LogP contribution in [-0.4, -0.2) is 33.1 Å². The van der Waals surface area contributed by atoms with Crippen LogP contribution in [0.3, 0.4) is 0 Å². The largest absolute Gasteiger partial charge is 0.333 e. The molecule has 1 heterocycles. The van der Waals surface area contributed by atoms with Gasteiger partial charge < -0.3 is 4.90 Å². The molecule has 0 fully saturated rings. The first-order chi connectivity index (χ1) is 10.6. The molecule has 0 aliphatic rings. The van der Waals surface area contributed by atoms with Crippen LogP contribution in [0, 0.1) is 6.92 Å². The molecule has 5 heteroatoms. The molecule has 116 valence electrons. The number of hydrogen-bond acceptors (Lipinski definition) is 4. The van der Waals surface area contributed by atoms with Crippen molar-refractivity contribution in [1.82, 2.24) is 14.9 Å². The molecule has 0 bridgehead atoms. The number of aryl methyl sites for hydroxylation is 1. The van der Waals surface area contributed by atoms with E-state index in [0.29, 0.717) is 23.9 Å². The Balaban J connectivity index is 2.21. The second kappa shape index (κ2) is 7.94. The van der Waals surface area contributed by atoms with Crippen molar-refractivity contribution >= 4 is 17.7 Å². The van der Waals surface area contributed by atoms with E-state index in [-0.39, 0.29) is 5.91 Å².